The van der Waals surface area contributed by atoms with Crippen LogP contribution in [0, 0.1) is 5.92 Å². The van der Waals surface area contributed by atoms with Crippen molar-refractivity contribution in [1.82, 2.24) is 9.97 Å². The van der Waals surface area contributed by atoms with Crippen molar-refractivity contribution < 1.29 is 0 Å². The smallest absolute Gasteiger partial charge is 0.262 e. The molecule has 1 aromatic rings. The molecule has 0 spiro atoms. The third-order valence-corrected chi connectivity index (χ3v) is 2.56. The number of nitrogens with one attached hydrogen (secondary N) is 1. The first-order chi connectivity index (χ1) is 7.88. The average Bonchev–Trinajstić information content (AvgIpc) is 2.22. The van der Waals surface area contributed by atoms with Gasteiger partial charge in [0.1, 0.15) is 17.2 Å². The van der Waals surface area contributed by atoms with Crippen molar-refractivity contribution in [3.05, 3.63) is 21.7 Å². The van der Waals surface area contributed by atoms with Gasteiger partial charge in [0.05, 0.1) is 5.71 Å². The molecule has 0 aliphatic rings. The first kappa shape index (κ1) is 13.4. The number of hydrogen-bond donors (Lipinski definition) is 2. The molecule has 5 nitrogen and oxygen atoms in total. The predicted octanol–water partition coefficient (Wildman–Crippen LogP) is 1.55. The lowest BCUT2D eigenvalue weighted by atomic mass is 10.0. The minimum Gasteiger partial charge on any atom is -0.383 e. The summed E-state index contributed by atoms with van der Waals surface area (Å²) in [6.45, 7) is 7.85. The Balaban J connectivity index is 3.42. The molecule has 1 rings (SSSR count). The van der Waals surface area contributed by atoms with E-state index in [9.17, 15) is 4.79 Å². The van der Waals surface area contributed by atoms with Crippen LogP contribution < -0.4 is 11.3 Å². The number of hydrogen-bond acceptors (Lipinski definition) is 4. The maximum atomic E-state index is 12.0. The van der Waals surface area contributed by atoms with Gasteiger partial charge in [0.2, 0.25) is 0 Å². The maximum Gasteiger partial charge on any atom is 0.262 e. The van der Waals surface area contributed by atoms with Gasteiger partial charge >= 0.3 is 0 Å². The molecule has 0 radical (unpaired) electrons. The largest absolute Gasteiger partial charge is 0.383 e. The van der Waals surface area contributed by atoms with Gasteiger partial charge in [0.25, 0.3) is 5.56 Å². The Hall–Kier alpha value is -1.65. The summed E-state index contributed by atoms with van der Waals surface area (Å²) in [4.78, 5) is 23.1. The molecule has 1 aromatic heterocycles. The van der Waals surface area contributed by atoms with Crippen molar-refractivity contribution in [3.8, 4) is 0 Å². The van der Waals surface area contributed by atoms with E-state index in [-0.39, 0.29) is 23.2 Å². The lowest BCUT2D eigenvalue weighted by Crippen LogP contribution is -2.27. The van der Waals surface area contributed by atoms with Gasteiger partial charge in [-0.25, -0.2) is 4.98 Å². The van der Waals surface area contributed by atoms with Gasteiger partial charge in [-0.2, -0.15) is 0 Å². The molecular formula is C12H20N4O. The second-order valence-corrected chi connectivity index (χ2v) is 4.63. The summed E-state index contributed by atoms with van der Waals surface area (Å²) in [5.41, 5.74) is 6.73. The summed E-state index contributed by atoms with van der Waals surface area (Å²) in [7, 11) is 1.66. The van der Waals surface area contributed by atoms with Gasteiger partial charge in [-0.1, -0.05) is 27.7 Å². The van der Waals surface area contributed by atoms with Crippen LogP contribution in [-0.2, 0) is 0 Å². The SMILES string of the molecule is CN=C(c1c(N)nc(C(C)C)[nH]c1=O)C(C)C. The highest BCUT2D eigenvalue weighted by atomic mass is 16.1. The molecule has 0 amide bonds. The molecule has 0 aliphatic carbocycles. The van der Waals surface area contributed by atoms with Crippen LogP contribution in [0.4, 0.5) is 5.82 Å². The molecule has 94 valence electrons. The number of aromatic amines is 1. The number of nitrogens with zero attached hydrogens (tertiary/aromatic N) is 2. The third-order valence-electron chi connectivity index (χ3n) is 2.56. The standard InChI is InChI=1S/C12H20N4O/c1-6(2)9(14-5)8-10(13)15-11(7(3)4)16-12(8)17/h6-7H,1-5H3,(H3,13,15,16,17). The Morgan fingerprint density at radius 3 is 2.29 bits per heavy atom. The molecule has 0 bridgehead atoms. The zero-order valence-electron chi connectivity index (χ0n) is 11.0. The molecule has 1 heterocycles. The molecule has 0 aromatic carbocycles. The lowest BCUT2D eigenvalue weighted by molar-refractivity contribution is 0.766. The van der Waals surface area contributed by atoms with Gasteiger partial charge in [-0.05, 0) is 5.92 Å². The van der Waals surface area contributed by atoms with E-state index < -0.39 is 0 Å². The Morgan fingerprint density at radius 2 is 1.94 bits per heavy atom. The molecule has 3 N–H and O–H groups in total. The van der Waals surface area contributed by atoms with Gasteiger partial charge in [0, 0.05) is 13.0 Å². The van der Waals surface area contributed by atoms with Crippen molar-refractivity contribution in [2.75, 3.05) is 12.8 Å². The van der Waals surface area contributed by atoms with Gasteiger partial charge in [-0.15, -0.1) is 0 Å². The fourth-order valence-corrected chi connectivity index (χ4v) is 1.69. The van der Waals surface area contributed by atoms with Crippen molar-refractivity contribution in [2.45, 2.75) is 33.6 Å². The predicted molar refractivity (Wildman–Crippen MR) is 70.7 cm³/mol. The fourth-order valence-electron chi connectivity index (χ4n) is 1.69. The quantitative estimate of drug-likeness (QED) is 0.781. The number of aromatic nitrogens is 2. The van der Waals surface area contributed by atoms with E-state index in [0.29, 0.717) is 17.1 Å². The Morgan fingerprint density at radius 1 is 1.35 bits per heavy atom. The van der Waals surface area contributed by atoms with Crippen LogP contribution in [0.3, 0.4) is 0 Å². The molecule has 17 heavy (non-hydrogen) atoms. The van der Waals surface area contributed by atoms with Crippen LogP contribution in [-0.4, -0.2) is 22.7 Å². The molecule has 5 heteroatoms. The Labute approximate surface area is 101 Å². The third kappa shape index (κ3) is 2.72. The Bertz CT molecular complexity index is 486. The van der Waals surface area contributed by atoms with E-state index in [1.54, 1.807) is 7.05 Å². The van der Waals surface area contributed by atoms with Crippen LogP contribution in [0.5, 0.6) is 0 Å². The van der Waals surface area contributed by atoms with E-state index in [1.807, 2.05) is 27.7 Å². The zero-order chi connectivity index (χ0) is 13.2. The van der Waals surface area contributed by atoms with Gasteiger partial charge in [0.15, 0.2) is 0 Å². The molecule has 0 saturated heterocycles. The first-order valence-electron chi connectivity index (χ1n) is 5.75. The van der Waals surface area contributed by atoms with Crippen molar-refractivity contribution in [1.29, 1.82) is 0 Å². The van der Waals surface area contributed by atoms with Crippen LogP contribution >= 0.6 is 0 Å². The molecule has 0 saturated carbocycles. The normalized spacial score (nSPS) is 12.5. The monoisotopic (exact) mass is 236 g/mol. The van der Waals surface area contributed by atoms with E-state index in [1.165, 1.54) is 0 Å². The summed E-state index contributed by atoms with van der Waals surface area (Å²) >= 11 is 0. The van der Waals surface area contributed by atoms with E-state index >= 15 is 0 Å². The lowest BCUT2D eigenvalue weighted by Gasteiger charge is -2.12. The summed E-state index contributed by atoms with van der Waals surface area (Å²) < 4.78 is 0. The second-order valence-electron chi connectivity index (χ2n) is 4.63. The minimum atomic E-state index is -0.212. The topological polar surface area (TPSA) is 84.1 Å². The highest BCUT2D eigenvalue weighted by Gasteiger charge is 2.18. The molecular weight excluding hydrogens is 216 g/mol. The average molecular weight is 236 g/mol. The summed E-state index contributed by atoms with van der Waals surface area (Å²) in [6.07, 6.45) is 0. The molecule has 0 aliphatic heterocycles. The Kier molecular flexibility index (Phi) is 4.04. The molecule has 0 fully saturated rings. The first-order valence-corrected chi connectivity index (χ1v) is 5.75. The number of aliphatic imine (C=N–C) groups is 1. The zero-order valence-corrected chi connectivity index (χ0v) is 11.0. The van der Waals surface area contributed by atoms with Crippen molar-refractivity contribution >= 4 is 11.5 Å². The molecule has 0 atom stereocenters. The van der Waals surface area contributed by atoms with Crippen LogP contribution in [0.1, 0.15) is 45.0 Å². The second kappa shape index (κ2) is 5.12. The summed E-state index contributed by atoms with van der Waals surface area (Å²) in [5.74, 6) is 1.14. The summed E-state index contributed by atoms with van der Waals surface area (Å²) in [6, 6.07) is 0. The van der Waals surface area contributed by atoms with E-state index in [2.05, 4.69) is 15.0 Å². The number of H-pyrrole nitrogens is 1. The maximum absolute atomic E-state index is 12.0. The highest BCUT2D eigenvalue weighted by molar-refractivity contribution is 6.04. The molecule has 0 unspecified atom stereocenters. The number of nitrogens with two attached hydrogens (primary N) is 1. The number of anilines is 1. The van der Waals surface area contributed by atoms with Crippen molar-refractivity contribution in [2.24, 2.45) is 10.9 Å². The number of rotatable bonds is 3. The fraction of sp³-hybridized carbons (Fsp3) is 0.583. The highest BCUT2D eigenvalue weighted by Crippen LogP contribution is 2.14. The van der Waals surface area contributed by atoms with Gasteiger partial charge in [-0.3, -0.25) is 9.79 Å². The van der Waals surface area contributed by atoms with Crippen LogP contribution in [0.2, 0.25) is 0 Å². The van der Waals surface area contributed by atoms with E-state index in [4.69, 9.17) is 5.73 Å². The van der Waals surface area contributed by atoms with E-state index in [0.717, 1.165) is 0 Å². The van der Waals surface area contributed by atoms with Gasteiger partial charge < -0.3 is 10.7 Å². The van der Waals surface area contributed by atoms with Crippen LogP contribution in [0.15, 0.2) is 9.79 Å². The van der Waals surface area contributed by atoms with Crippen molar-refractivity contribution in [3.63, 3.8) is 0 Å². The van der Waals surface area contributed by atoms with Crippen LogP contribution in [0.25, 0.3) is 0 Å². The minimum absolute atomic E-state index is 0.134. The number of nitrogen functional groups attached to an aromatic ring is 1. The summed E-state index contributed by atoms with van der Waals surface area (Å²) in [5, 5.41) is 0.